The Morgan fingerprint density at radius 3 is 2.26 bits per heavy atom. The summed E-state index contributed by atoms with van der Waals surface area (Å²) < 4.78 is 6.24. The number of fused-ring (bicyclic) bond motifs is 7. The van der Waals surface area contributed by atoms with Crippen LogP contribution in [0.5, 0.6) is 0 Å². The van der Waals surface area contributed by atoms with E-state index in [9.17, 15) is 9.90 Å². The molecule has 1 heterocycles. The van der Waals surface area contributed by atoms with E-state index >= 15 is 0 Å². The van der Waals surface area contributed by atoms with Crippen molar-refractivity contribution in [2.24, 2.45) is 50.2 Å². The van der Waals surface area contributed by atoms with Crippen molar-refractivity contribution in [3.05, 3.63) is 34.4 Å². The molecule has 5 aliphatic carbocycles. The largest absolute Gasteiger partial charge is 0.459 e. The minimum Gasteiger partial charge on any atom is -0.459 e. The molecule has 6 rings (SSSR count). The fourth-order valence-corrected chi connectivity index (χ4v) is 11.8. The Hall–Kier alpha value is -1.75. The molecule has 0 amide bonds. The first-order valence-corrected chi connectivity index (χ1v) is 17.3. The summed E-state index contributed by atoms with van der Waals surface area (Å²) in [7, 11) is 0. The third-order valence-electron chi connectivity index (χ3n) is 14.9. The number of aliphatic hydroxyl groups excluding tert-OH is 1. The Morgan fingerprint density at radius 1 is 0.860 bits per heavy atom. The highest BCUT2D eigenvalue weighted by atomic mass is 16.5. The van der Waals surface area contributed by atoms with Crippen LogP contribution in [0.25, 0.3) is 0 Å². The van der Waals surface area contributed by atoms with Gasteiger partial charge in [0.05, 0.1) is 34.3 Å². The van der Waals surface area contributed by atoms with Crippen molar-refractivity contribution >= 4 is 5.97 Å². The molecule has 1 aromatic rings. The van der Waals surface area contributed by atoms with Gasteiger partial charge >= 0.3 is 5.97 Å². The van der Waals surface area contributed by atoms with Gasteiger partial charge in [0, 0.05) is 0 Å². The second-order valence-electron chi connectivity index (χ2n) is 17.7. The summed E-state index contributed by atoms with van der Waals surface area (Å²) in [4.78, 5) is 23.7. The zero-order chi connectivity index (χ0) is 31.4. The van der Waals surface area contributed by atoms with Crippen molar-refractivity contribution < 1.29 is 14.6 Å². The molecule has 5 heteroatoms. The first-order chi connectivity index (χ1) is 19.9. The van der Waals surface area contributed by atoms with Crippen LogP contribution in [0, 0.1) is 71.0 Å². The minimum atomic E-state index is -0.455. The van der Waals surface area contributed by atoms with Crippen molar-refractivity contribution in [1.29, 1.82) is 0 Å². The van der Waals surface area contributed by atoms with Gasteiger partial charge in [0.1, 0.15) is 6.61 Å². The maximum absolute atomic E-state index is 14.4. The van der Waals surface area contributed by atoms with E-state index in [1.54, 1.807) is 5.57 Å². The van der Waals surface area contributed by atoms with Gasteiger partial charge in [-0.2, -0.15) is 0 Å². The van der Waals surface area contributed by atoms with E-state index in [1.807, 2.05) is 20.8 Å². The Balaban J connectivity index is 1.35. The van der Waals surface area contributed by atoms with Crippen molar-refractivity contribution in [2.45, 2.75) is 146 Å². The summed E-state index contributed by atoms with van der Waals surface area (Å²) >= 11 is 0. The number of allylic oxidation sites excluding steroid dienone is 2. The van der Waals surface area contributed by atoms with E-state index in [-0.39, 0.29) is 51.7 Å². The standard InChI is InChI=1S/C38H58N2O3/c1-23-24(2)40-28(25(3)39-23)22-43-32(42)38-19-17-33(4,5)21-27(38)26-11-12-30-35(8)15-14-31(41)34(6,7)29(35)13-16-37(30,10)36(26,9)18-20-38/h11,27,29-31,41H,12-22H2,1-10H3/t27-,29-,30+,31-,35-,36+,37+,38-/m0/s1. The van der Waals surface area contributed by atoms with Crippen LogP contribution in [0.3, 0.4) is 0 Å². The molecule has 1 N–H and O–H groups in total. The molecule has 238 valence electrons. The van der Waals surface area contributed by atoms with Gasteiger partial charge in [-0.25, -0.2) is 0 Å². The van der Waals surface area contributed by atoms with Crippen molar-refractivity contribution in [2.75, 3.05) is 0 Å². The monoisotopic (exact) mass is 590 g/mol. The number of esters is 1. The van der Waals surface area contributed by atoms with E-state index in [4.69, 9.17) is 9.72 Å². The Morgan fingerprint density at radius 2 is 1.53 bits per heavy atom. The van der Waals surface area contributed by atoms with Gasteiger partial charge in [-0.1, -0.05) is 60.1 Å². The number of carbonyl (C=O) groups is 1. The molecule has 0 spiro atoms. The third kappa shape index (κ3) is 4.36. The van der Waals surface area contributed by atoms with E-state index in [2.05, 4.69) is 59.5 Å². The normalized spacial score (nSPS) is 42.9. The topological polar surface area (TPSA) is 72.3 Å². The minimum absolute atomic E-state index is 0.0126. The molecule has 0 aromatic carbocycles. The maximum Gasteiger partial charge on any atom is 0.313 e. The average molecular weight is 591 g/mol. The highest BCUT2D eigenvalue weighted by Gasteiger charge is 2.69. The van der Waals surface area contributed by atoms with Crippen LogP contribution >= 0.6 is 0 Å². The Bertz CT molecular complexity index is 1350. The second-order valence-corrected chi connectivity index (χ2v) is 17.7. The van der Waals surface area contributed by atoms with Crippen LogP contribution in [-0.2, 0) is 16.1 Å². The van der Waals surface area contributed by atoms with Crippen LogP contribution in [0.1, 0.15) is 135 Å². The van der Waals surface area contributed by atoms with Crippen molar-refractivity contribution in [3.63, 3.8) is 0 Å². The molecule has 0 bridgehead atoms. The maximum atomic E-state index is 14.4. The molecule has 0 unspecified atom stereocenters. The number of rotatable bonds is 3. The number of hydrogen-bond donors (Lipinski definition) is 1. The molecule has 43 heavy (non-hydrogen) atoms. The van der Waals surface area contributed by atoms with Crippen LogP contribution in [0.4, 0.5) is 0 Å². The Labute approximate surface area is 261 Å². The molecule has 1 aromatic heterocycles. The fraction of sp³-hybridized carbons (Fsp3) is 0.816. The zero-order valence-electron chi connectivity index (χ0n) is 28.8. The molecular weight excluding hydrogens is 532 g/mol. The first-order valence-electron chi connectivity index (χ1n) is 17.3. The number of aryl methyl sites for hydroxylation is 3. The van der Waals surface area contributed by atoms with Crippen LogP contribution in [0.2, 0.25) is 0 Å². The number of nitrogens with zero attached hydrogens (tertiary/aromatic N) is 2. The van der Waals surface area contributed by atoms with E-state index in [1.165, 1.54) is 12.8 Å². The molecule has 0 aliphatic heterocycles. The Kier molecular flexibility index (Phi) is 7.17. The highest BCUT2D eigenvalue weighted by Crippen LogP contribution is 2.75. The van der Waals surface area contributed by atoms with Gasteiger partial charge in [0.2, 0.25) is 0 Å². The van der Waals surface area contributed by atoms with Gasteiger partial charge in [0.15, 0.2) is 0 Å². The number of hydrogen-bond acceptors (Lipinski definition) is 5. The van der Waals surface area contributed by atoms with Crippen LogP contribution in [0.15, 0.2) is 11.6 Å². The molecule has 4 fully saturated rings. The predicted molar refractivity (Wildman–Crippen MR) is 171 cm³/mol. The molecule has 0 saturated heterocycles. The molecule has 0 radical (unpaired) electrons. The lowest BCUT2D eigenvalue weighted by molar-refractivity contribution is -0.206. The number of aliphatic hydroxyl groups is 1. The lowest BCUT2D eigenvalue weighted by Gasteiger charge is -2.71. The second kappa shape index (κ2) is 9.87. The SMILES string of the molecule is Cc1nc(C)c(COC(=O)[C@]23CCC(C)(C)C[C@H]2C2=CC[C@@H]4[C@@]5(C)CC[C@H](O)C(C)(C)[C@@H]5CC[C@@]4(C)[C@]2(C)CC3)nc1C. The van der Waals surface area contributed by atoms with Crippen molar-refractivity contribution in [1.82, 2.24) is 9.97 Å². The van der Waals surface area contributed by atoms with E-state index in [0.29, 0.717) is 11.8 Å². The van der Waals surface area contributed by atoms with Crippen LogP contribution < -0.4 is 0 Å². The number of carbonyl (C=O) groups excluding carboxylic acids is 1. The lowest BCUT2D eigenvalue weighted by atomic mass is 9.33. The number of ether oxygens (including phenoxy) is 1. The third-order valence-corrected chi connectivity index (χ3v) is 14.9. The highest BCUT2D eigenvalue weighted by molar-refractivity contribution is 5.78. The number of aromatic nitrogens is 2. The first kappa shape index (κ1) is 31.2. The summed E-state index contributed by atoms with van der Waals surface area (Å²) in [5.41, 5.74) is 5.21. The molecular formula is C38H58N2O3. The van der Waals surface area contributed by atoms with E-state index in [0.717, 1.165) is 74.1 Å². The lowest BCUT2D eigenvalue weighted by Crippen LogP contribution is -2.65. The quantitative estimate of drug-likeness (QED) is 0.282. The molecule has 4 saturated carbocycles. The van der Waals surface area contributed by atoms with E-state index < -0.39 is 5.41 Å². The smallest absolute Gasteiger partial charge is 0.313 e. The summed E-state index contributed by atoms with van der Waals surface area (Å²) in [6.45, 7) is 23.3. The average Bonchev–Trinajstić information content (AvgIpc) is 2.92. The van der Waals surface area contributed by atoms with Gasteiger partial charge in [-0.05, 0) is 130 Å². The molecule has 8 atom stereocenters. The van der Waals surface area contributed by atoms with Gasteiger partial charge in [-0.15, -0.1) is 0 Å². The molecule has 5 nitrogen and oxygen atoms in total. The van der Waals surface area contributed by atoms with Gasteiger partial charge in [0.25, 0.3) is 0 Å². The summed E-state index contributed by atoms with van der Waals surface area (Å²) in [5, 5.41) is 11.0. The van der Waals surface area contributed by atoms with Crippen molar-refractivity contribution in [3.8, 4) is 0 Å². The predicted octanol–water partition coefficient (Wildman–Crippen LogP) is 8.61. The summed E-state index contributed by atoms with van der Waals surface area (Å²) in [6, 6.07) is 0. The summed E-state index contributed by atoms with van der Waals surface area (Å²) in [6.07, 6.45) is 12.9. The summed E-state index contributed by atoms with van der Waals surface area (Å²) in [5.74, 6) is 1.36. The van der Waals surface area contributed by atoms with Gasteiger partial charge in [-0.3, -0.25) is 14.8 Å². The fourth-order valence-electron chi connectivity index (χ4n) is 11.8. The van der Waals surface area contributed by atoms with Crippen LogP contribution in [-0.4, -0.2) is 27.1 Å². The zero-order valence-corrected chi connectivity index (χ0v) is 28.8. The molecule has 5 aliphatic rings. The van der Waals surface area contributed by atoms with Gasteiger partial charge < -0.3 is 9.84 Å².